The third kappa shape index (κ3) is 3.79. The minimum atomic E-state index is -1.05. The number of aromatic nitrogens is 1. The largest absolute Gasteiger partial charge is 0.478 e. The first kappa shape index (κ1) is 15.0. The molecule has 0 aliphatic heterocycles. The SMILES string of the molecule is CCc1cc(C(=O)Nc2cccc(C(=O)O)c2)cc(Cl)n1. The van der Waals surface area contributed by atoms with E-state index in [1.54, 1.807) is 18.2 Å². The van der Waals surface area contributed by atoms with Crippen LogP contribution in [0.3, 0.4) is 0 Å². The number of hydrogen-bond donors (Lipinski definition) is 2. The number of halogens is 1. The van der Waals surface area contributed by atoms with Crippen LogP contribution in [0.25, 0.3) is 0 Å². The summed E-state index contributed by atoms with van der Waals surface area (Å²) in [5, 5.41) is 11.8. The second-order valence-corrected chi connectivity index (χ2v) is 4.75. The monoisotopic (exact) mass is 304 g/mol. The summed E-state index contributed by atoms with van der Waals surface area (Å²) in [7, 11) is 0. The number of aryl methyl sites for hydroxylation is 1. The van der Waals surface area contributed by atoms with Gasteiger partial charge in [-0.3, -0.25) is 4.79 Å². The Labute approximate surface area is 126 Å². The van der Waals surface area contributed by atoms with Crippen molar-refractivity contribution in [3.8, 4) is 0 Å². The molecular formula is C15H13ClN2O3. The van der Waals surface area contributed by atoms with Crippen LogP contribution in [0, 0.1) is 0 Å². The predicted octanol–water partition coefficient (Wildman–Crippen LogP) is 3.25. The number of hydrogen-bond acceptors (Lipinski definition) is 3. The summed E-state index contributed by atoms with van der Waals surface area (Å²) in [6, 6.07) is 9.16. The van der Waals surface area contributed by atoms with Gasteiger partial charge in [0, 0.05) is 16.9 Å². The number of carbonyl (C=O) groups excluding carboxylic acids is 1. The number of carbonyl (C=O) groups is 2. The third-order valence-corrected chi connectivity index (χ3v) is 3.03. The molecule has 0 aliphatic carbocycles. The topological polar surface area (TPSA) is 79.3 Å². The Balaban J connectivity index is 2.23. The zero-order valence-corrected chi connectivity index (χ0v) is 12.0. The third-order valence-electron chi connectivity index (χ3n) is 2.84. The highest BCUT2D eigenvalue weighted by Crippen LogP contribution is 2.15. The number of aromatic carboxylic acids is 1. The molecule has 0 saturated carbocycles. The fourth-order valence-electron chi connectivity index (χ4n) is 1.80. The predicted molar refractivity (Wildman–Crippen MR) is 80.0 cm³/mol. The lowest BCUT2D eigenvalue weighted by molar-refractivity contribution is 0.0696. The molecule has 0 atom stereocenters. The van der Waals surface area contributed by atoms with Crippen LogP contribution in [0.4, 0.5) is 5.69 Å². The first-order valence-corrected chi connectivity index (χ1v) is 6.68. The van der Waals surface area contributed by atoms with Gasteiger partial charge < -0.3 is 10.4 Å². The first-order valence-electron chi connectivity index (χ1n) is 6.30. The van der Waals surface area contributed by atoms with Crippen LogP contribution in [0.5, 0.6) is 0 Å². The average molecular weight is 305 g/mol. The quantitative estimate of drug-likeness (QED) is 0.850. The number of carboxylic acids is 1. The second-order valence-electron chi connectivity index (χ2n) is 4.36. The number of anilines is 1. The Bertz CT molecular complexity index is 701. The standard InChI is InChI=1S/C15H13ClN2O3/c1-2-11-7-10(8-13(16)17-11)14(19)18-12-5-3-4-9(6-12)15(20)21/h3-8H,2H2,1H3,(H,18,19)(H,20,21). The molecule has 0 saturated heterocycles. The smallest absolute Gasteiger partial charge is 0.335 e. The normalized spacial score (nSPS) is 10.2. The van der Waals surface area contributed by atoms with E-state index >= 15 is 0 Å². The van der Waals surface area contributed by atoms with Crippen molar-refractivity contribution in [3.05, 3.63) is 58.4 Å². The molecule has 0 spiro atoms. The number of nitrogens with zero attached hydrogens (tertiary/aromatic N) is 1. The van der Waals surface area contributed by atoms with Gasteiger partial charge in [0.1, 0.15) is 5.15 Å². The van der Waals surface area contributed by atoms with E-state index in [2.05, 4.69) is 10.3 Å². The van der Waals surface area contributed by atoms with Crippen molar-refractivity contribution in [1.29, 1.82) is 0 Å². The lowest BCUT2D eigenvalue weighted by Crippen LogP contribution is -2.13. The molecule has 0 fully saturated rings. The zero-order valence-electron chi connectivity index (χ0n) is 11.3. The summed E-state index contributed by atoms with van der Waals surface area (Å²) in [6.45, 7) is 1.91. The molecule has 0 radical (unpaired) electrons. The number of rotatable bonds is 4. The van der Waals surface area contributed by atoms with Crippen LogP contribution in [0.1, 0.15) is 33.3 Å². The number of amides is 1. The van der Waals surface area contributed by atoms with E-state index in [1.807, 2.05) is 6.92 Å². The van der Waals surface area contributed by atoms with E-state index in [1.165, 1.54) is 18.2 Å². The van der Waals surface area contributed by atoms with Gasteiger partial charge in [-0.05, 0) is 36.8 Å². The molecular weight excluding hydrogens is 292 g/mol. The maximum atomic E-state index is 12.2. The molecule has 1 heterocycles. The van der Waals surface area contributed by atoms with Crippen LogP contribution >= 0.6 is 11.6 Å². The number of nitrogens with one attached hydrogen (secondary N) is 1. The maximum absolute atomic E-state index is 12.2. The molecule has 0 bridgehead atoms. The van der Waals surface area contributed by atoms with E-state index in [4.69, 9.17) is 16.7 Å². The van der Waals surface area contributed by atoms with Gasteiger partial charge in [0.05, 0.1) is 5.56 Å². The number of benzene rings is 1. The van der Waals surface area contributed by atoms with Crippen molar-refractivity contribution in [2.45, 2.75) is 13.3 Å². The molecule has 0 aliphatic rings. The molecule has 0 unspecified atom stereocenters. The van der Waals surface area contributed by atoms with Crippen molar-refractivity contribution in [3.63, 3.8) is 0 Å². The molecule has 5 nitrogen and oxygen atoms in total. The van der Waals surface area contributed by atoms with Crippen molar-refractivity contribution in [1.82, 2.24) is 4.98 Å². The van der Waals surface area contributed by atoms with Crippen LogP contribution in [-0.4, -0.2) is 22.0 Å². The molecule has 1 aromatic carbocycles. The van der Waals surface area contributed by atoms with Gasteiger partial charge in [-0.15, -0.1) is 0 Å². The summed E-state index contributed by atoms with van der Waals surface area (Å²) in [5.41, 5.74) is 1.61. The zero-order chi connectivity index (χ0) is 15.4. The van der Waals surface area contributed by atoms with Crippen molar-refractivity contribution in [2.75, 3.05) is 5.32 Å². The van der Waals surface area contributed by atoms with Crippen LogP contribution in [-0.2, 0) is 6.42 Å². The van der Waals surface area contributed by atoms with E-state index in [0.29, 0.717) is 23.4 Å². The Kier molecular flexibility index (Phi) is 4.55. The Morgan fingerprint density at radius 2 is 2.00 bits per heavy atom. The second kappa shape index (κ2) is 6.37. The van der Waals surface area contributed by atoms with Gasteiger partial charge in [0.2, 0.25) is 0 Å². The molecule has 2 aromatic rings. The molecule has 2 rings (SSSR count). The lowest BCUT2D eigenvalue weighted by atomic mass is 10.1. The van der Waals surface area contributed by atoms with Crippen molar-refractivity contribution < 1.29 is 14.7 Å². The van der Waals surface area contributed by atoms with E-state index < -0.39 is 5.97 Å². The van der Waals surface area contributed by atoms with Crippen LogP contribution in [0.15, 0.2) is 36.4 Å². The lowest BCUT2D eigenvalue weighted by Gasteiger charge is -2.07. The maximum Gasteiger partial charge on any atom is 0.335 e. The minimum Gasteiger partial charge on any atom is -0.478 e. The molecule has 2 N–H and O–H groups in total. The van der Waals surface area contributed by atoms with Crippen molar-refractivity contribution in [2.24, 2.45) is 0 Å². The summed E-state index contributed by atoms with van der Waals surface area (Å²) >= 11 is 5.87. The van der Waals surface area contributed by atoms with Gasteiger partial charge in [0.15, 0.2) is 0 Å². The van der Waals surface area contributed by atoms with E-state index in [9.17, 15) is 9.59 Å². The van der Waals surface area contributed by atoms with E-state index in [0.717, 1.165) is 0 Å². The average Bonchev–Trinajstić information content (AvgIpc) is 2.46. The van der Waals surface area contributed by atoms with E-state index in [-0.39, 0.29) is 16.6 Å². The number of carboxylic acid groups (broad SMARTS) is 1. The van der Waals surface area contributed by atoms with Gasteiger partial charge in [-0.25, -0.2) is 9.78 Å². The van der Waals surface area contributed by atoms with Gasteiger partial charge in [-0.1, -0.05) is 24.6 Å². The van der Waals surface area contributed by atoms with Crippen LogP contribution < -0.4 is 5.32 Å². The molecule has 1 amide bonds. The highest BCUT2D eigenvalue weighted by molar-refractivity contribution is 6.29. The summed E-state index contributed by atoms with van der Waals surface area (Å²) in [6.07, 6.45) is 0.662. The Morgan fingerprint density at radius 3 is 2.67 bits per heavy atom. The summed E-state index contributed by atoms with van der Waals surface area (Å²) in [4.78, 5) is 27.2. The molecule has 108 valence electrons. The summed E-state index contributed by atoms with van der Waals surface area (Å²) in [5.74, 6) is -1.41. The number of pyridine rings is 1. The highest BCUT2D eigenvalue weighted by atomic mass is 35.5. The Hall–Kier alpha value is -2.40. The highest BCUT2D eigenvalue weighted by Gasteiger charge is 2.10. The van der Waals surface area contributed by atoms with Gasteiger partial charge >= 0.3 is 5.97 Å². The molecule has 21 heavy (non-hydrogen) atoms. The van der Waals surface area contributed by atoms with Crippen molar-refractivity contribution >= 4 is 29.2 Å². The van der Waals surface area contributed by atoms with Gasteiger partial charge in [0.25, 0.3) is 5.91 Å². The van der Waals surface area contributed by atoms with Gasteiger partial charge in [-0.2, -0.15) is 0 Å². The fraction of sp³-hybridized carbons (Fsp3) is 0.133. The van der Waals surface area contributed by atoms with Crippen LogP contribution in [0.2, 0.25) is 5.15 Å². The molecule has 1 aromatic heterocycles. The summed E-state index contributed by atoms with van der Waals surface area (Å²) < 4.78 is 0. The fourth-order valence-corrected chi connectivity index (χ4v) is 2.02. The Morgan fingerprint density at radius 1 is 1.24 bits per heavy atom. The minimum absolute atomic E-state index is 0.106. The molecule has 6 heteroatoms. The first-order chi connectivity index (χ1) is 9.99.